The highest BCUT2D eigenvalue weighted by Gasteiger charge is 2.30. The van der Waals surface area contributed by atoms with Crippen molar-refractivity contribution in [2.75, 3.05) is 49.5 Å². The number of anilines is 2. The molecule has 1 atom stereocenters. The van der Waals surface area contributed by atoms with Crippen molar-refractivity contribution in [2.45, 2.75) is 45.4 Å². The molecule has 0 aromatic heterocycles. The summed E-state index contributed by atoms with van der Waals surface area (Å²) in [5.74, 6) is -0.0204. The van der Waals surface area contributed by atoms with E-state index in [1.807, 2.05) is 65.3 Å². The van der Waals surface area contributed by atoms with E-state index in [0.29, 0.717) is 43.9 Å². The Balaban J connectivity index is 1.50. The fraction of sp³-hybridized carbons (Fsp3) is 0.464. The molecule has 2 aromatic carbocycles. The Labute approximate surface area is 208 Å². The largest absolute Gasteiger partial charge is 0.367 e. The van der Waals surface area contributed by atoms with Gasteiger partial charge in [-0.3, -0.25) is 14.4 Å². The molecule has 2 aliphatic heterocycles. The van der Waals surface area contributed by atoms with Gasteiger partial charge >= 0.3 is 0 Å². The first-order valence-corrected chi connectivity index (χ1v) is 12.8. The number of nitrogens with one attached hydrogen (secondary N) is 1. The number of amides is 3. The zero-order valence-electron chi connectivity index (χ0n) is 20.8. The standard InChI is InChI=1S/C28H36N4O3/c1-3-23(21-10-6-5-7-11-21)27(34)32-18-16-30(17-19-32)25-13-12-22(29-26(33)4-2)20-24(25)28(35)31-14-8-9-15-31/h5-7,10-13,20,23H,3-4,8-9,14-19H2,1-2H3,(H,29,33)/t23-/m0/s1. The van der Waals surface area contributed by atoms with Crippen LogP contribution in [0.1, 0.15) is 61.4 Å². The fourth-order valence-corrected chi connectivity index (χ4v) is 5.03. The van der Waals surface area contributed by atoms with E-state index >= 15 is 0 Å². The van der Waals surface area contributed by atoms with Gasteiger partial charge in [0.25, 0.3) is 5.91 Å². The second-order valence-electron chi connectivity index (χ2n) is 9.32. The summed E-state index contributed by atoms with van der Waals surface area (Å²) in [4.78, 5) is 44.7. The van der Waals surface area contributed by atoms with Gasteiger partial charge in [0.1, 0.15) is 0 Å². The van der Waals surface area contributed by atoms with Crippen LogP contribution in [0.4, 0.5) is 11.4 Å². The van der Waals surface area contributed by atoms with Crippen molar-refractivity contribution in [3.05, 3.63) is 59.7 Å². The first kappa shape index (κ1) is 24.8. The SMILES string of the molecule is CCC(=O)Nc1ccc(N2CCN(C(=O)[C@@H](CC)c3ccccc3)CC2)c(C(=O)N2CCCC2)c1. The maximum atomic E-state index is 13.4. The summed E-state index contributed by atoms with van der Waals surface area (Å²) in [5, 5.41) is 2.88. The average Bonchev–Trinajstić information content (AvgIpc) is 3.44. The number of piperazine rings is 1. The Morgan fingerprint density at radius 1 is 0.857 bits per heavy atom. The summed E-state index contributed by atoms with van der Waals surface area (Å²) in [6, 6.07) is 15.6. The van der Waals surface area contributed by atoms with Crippen LogP contribution in [0.3, 0.4) is 0 Å². The molecule has 0 unspecified atom stereocenters. The van der Waals surface area contributed by atoms with Gasteiger partial charge in [-0.1, -0.05) is 44.2 Å². The Hall–Kier alpha value is -3.35. The maximum Gasteiger partial charge on any atom is 0.256 e. The first-order valence-electron chi connectivity index (χ1n) is 12.8. The highest BCUT2D eigenvalue weighted by Crippen LogP contribution is 2.29. The summed E-state index contributed by atoms with van der Waals surface area (Å²) >= 11 is 0. The molecule has 35 heavy (non-hydrogen) atoms. The topological polar surface area (TPSA) is 73.0 Å². The molecule has 2 aliphatic rings. The number of likely N-dealkylation sites (tertiary alicyclic amines) is 1. The molecule has 2 aromatic rings. The normalized spacial score (nSPS) is 16.8. The van der Waals surface area contributed by atoms with Crippen molar-refractivity contribution < 1.29 is 14.4 Å². The van der Waals surface area contributed by atoms with E-state index in [1.165, 1.54) is 0 Å². The van der Waals surface area contributed by atoms with Crippen molar-refractivity contribution in [3.8, 4) is 0 Å². The van der Waals surface area contributed by atoms with Crippen molar-refractivity contribution in [3.63, 3.8) is 0 Å². The monoisotopic (exact) mass is 476 g/mol. The fourth-order valence-electron chi connectivity index (χ4n) is 5.03. The molecule has 7 nitrogen and oxygen atoms in total. The Bertz CT molecular complexity index is 1040. The lowest BCUT2D eigenvalue weighted by molar-refractivity contribution is -0.133. The van der Waals surface area contributed by atoms with Gasteiger partial charge in [-0.15, -0.1) is 0 Å². The molecule has 7 heteroatoms. The molecule has 0 aliphatic carbocycles. The van der Waals surface area contributed by atoms with Crippen LogP contribution >= 0.6 is 0 Å². The molecule has 2 fully saturated rings. The lowest BCUT2D eigenvalue weighted by Crippen LogP contribution is -2.50. The Morgan fingerprint density at radius 2 is 1.54 bits per heavy atom. The number of nitrogens with zero attached hydrogens (tertiary/aromatic N) is 3. The third-order valence-electron chi connectivity index (χ3n) is 7.07. The molecule has 4 rings (SSSR count). The van der Waals surface area contributed by atoms with Gasteiger partial charge < -0.3 is 20.0 Å². The number of carbonyl (C=O) groups is 3. The second kappa shape index (κ2) is 11.4. The van der Waals surface area contributed by atoms with Gasteiger partial charge in [0, 0.05) is 57.1 Å². The van der Waals surface area contributed by atoms with Gasteiger partial charge in [-0.25, -0.2) is 0 Å². The maximum absolute atomic E-state index is 13.4. The van der Waals surface area contributed by atoms with Crippen LogP contribution in [-0.4, -0.2) is 66.8 Å². The molecule has 0 radical (unpaired) electrons. The van der Waals surface area contributed by atoms with Crippen molar-refractivity contribution in [1.82, 2.24) is 9.80 Å². The third kappa shape index (κ3) is 5.66. The van der Waals surface area contributed by atoms with E-state index in [1.54, 1.807) is 0 Å². The molecule has 186 valence electrons. The van der Waals surface area contributed by atoms with Crippen molar-refractivity contribution >= 4 is 29.1 Å². The Kier molecular flexibility index (Phi) is 8.06. The van der Waals surface area contributed by atoms with Crippen LogP contribution in [0.15, 0.2) is 48.5 Å². The number of hydrogen-bond donors (Lipinski definition) is 1. The molecule has 2 heterocycles. The molecule has 0 saturated carbocycles. The van der Waals surface area contributed by atoms with E-state index in [9.17, 15) is 14.4 Å². The number of rotatable bonds is 7. The predicted molar refractivity (Wildman–Crippen MR) is 139 cm³/mol. The molecular formula is C28H36N4O3. The molecule has 1 N–H and O–H groups in total. The van der Waals surface area contributed by atoms with Gasteiger partial charge in [0.05, 0.1) is 11.5 Å². The lowest BCUT2D eigenvalue weighted by atomic mass is 9.94. The zero-order valence-corrected chi connectivity index (χ0v) is 20.8. The number of carbonyl (C=O) groups excluding carboxylic acids is 3. The van der Waals surface area contributed by atoms with Gasteiger partial charge in [0.2, 0.25) is 11.8 Å². The van der Waals surface area contributed by atoms with Crippen LogP contribution < -0.4 is 10.2 Å². The first-order chi connectivity index (χ1) is 17.0. The van der Waals surface area contributed by atoms with Crippen molar-refractivity contribution in [1.29, 1.82) is 0 Å². The van der Waals surface area contributed by atoms with E-state index in [2.05, 4.69) is 17.1 Å². The minimum Gasteiger partial charge on any atom is -0.367 e. The van der Waals surface area contributed by atoms with Crippen LogP contribution in [0, 0.1) is 0 Å². The molecular weight excluding hydrogens is 440 g/mol. The molecule has 0 bridgehead atoms. The molecule has 2 saturated heterocycles. The summed E-state index contributed by atoms with van der Waals surface area (Å²) in [6.07, 6.45) is 3.19. The highest BCUT2D eigenvalue weighted by molar-refractivity contribution is 6.02. The Morgan fingerprint density at radius 3 is 2.17 bits per heavy atom. The minimum absolute atomic E-state index is 0.0127. The van der Waals surface area contributed by atoms with E-state index in [0.717, 1.165) is 43.6 Å². The predicted octanol–water partition coefficient (Wildman–Crippen LogP) is 4.11. The third-order valence-corrected chi connectivity index (χ3v) is 7.07. The smallest absolute Gasteiger partial charge is 0.256 e. The lowest BCUT2D eigenvalue weighted by Gasteiger charge is -2.38. The van der Waals surface area contributed by atoms with Crippen LogP contribution in [0.5, 0.6) is 0 Å². The molecule has 0 spiro atoms. The van der Waals surface area contributed by atoms with Gasteiger partial charge in [-0.2, -0.15) is 0 Å². The zero-order chi connectivity index (χ0) is 24.8. The summed E-state index contributed by atoms with van der Waals surface area (Å²) < 4.78 is 0. The van der Waals surface area contributed by atoms with Crippen LogP contribution in [0.25, 0.3) is 0 Å². The van der Waals surface area contributed by atoms with Crippen LogP contribution in [-0.2, 0) is 9.59 Å². The highest BCUT2D eigenvalue weighted by atomic mass is 16.2. The number of benzene rings is 2. The van der Waals surface area contributed by atoms with Gasteiger partial charge in [-0.05, 0) is 43.0 Å². The molecule has 3 amide bonds. The average molecular weight is 477 g/mol. The van der Waals surface area contributed by atoms with E-state index in [4.69, 9.17) is 0 Å². The van der Waals surface area contributed by atoms with Crippen LogP contribution in [0.2, 0.25) is 0 Å². The van der Waals surface area contributed by atoms with Crippen molar-refractivity contribution in [2.24, 2.45) is 0 Å². The number of hydrogen-bond acceptors (Lipinski definition) is 4. The second-order valence-corrected chi connectivity index (χ2v) is 9.32. The minimum atomic E-state index is -0.128. The summed E-state index contributed by atoms with van der Waals surface area (Å²) in [5.41, 5.74) is 3.20. The summed E-state index contributed by atoms with van der Waals surface area (Å²) in [6.45, 7) is 7.97. The van der Waals surface area contributed by atoms with E-state index in [-0.39, 0.29) is 23.6 Å². The van der Waals surface area contributed by atoms with E-state index < -0.39 is 0 Å². The summed E-state index contributed by atoms with van der Waals surface area (Å²) in [7, 11) is 0. The quantitative estimate of drug-likeness (QED) is 0.653. The van der Waals surface area contributed by atoms with Gasteiger partial charge in [0.15, 0.2) is 0 Å².